The molecule has 21 heavy (non-hydrogen) atoms. The van der Waals surface area contributed by atoms with Gasteiger partial charge in [-0.3, -0.25) is 0 Å². The van der Waals surface area contributed by atoms with Gasteiger partial charge in [0.2, 0.25) is 10.0 Å². The quantitative estimate of drug-likeness (QED) is 0.731. The number of hydrogen-bond donors (Lipinski definition) is 2. The second kappa shape index (κ2) is 8.27. The van der Waals surface area contributed by atoms with Crippen molar-refractivity contribution in [2.75, 3.05) is 6.54 Å². The molecule has 0 aliphatic heterocycles. The number of hydrogen-bond acceptors (Lipinski definition) is 3. The van der Waals surface area contributed by atoms with E-state index in [0.717, 1.165) is 25.1 Å². The first-order valence-electron chi connectivity index (χ1n) is 7.33. The minimum Gasteiger partial charge on any atom is -0.313 e. The predicted molar refractivity (Wildman–Crippen MR) is 90.8 cm³/mol. The Balaban J connectivity index is 2.93. The van der Waals surface area contributed by atoms with Gasteiger partial charge in [0.25, 0.3) is 0 Å². The Labute approximate surface area is 136 Å². The van der Waals surface area contributed by atoms with E-state index in [1.807, 2.05) is 32.9 Å². The third-order valence-corrected chi connectivity index (χ3v) is 6.24. The molecule has 0 fully saturated rings. The minimum absolute atomic E-state index is 0.0895. The number of nitrogens with one attached hydrogen (secondary N) is 2. The van der Waals surface area contributed by atoms with Crippen LogP contribution in [0.3, 0.4) is 0 Å². The summed E-state index contributed by atoms with van der Waals surface area (Å²) in [5, 5.41) is 3.22. The average Bonchev–Trinajstić information content (AvgIpc) is 2.43. The maximum atomic E-state index is 12.5. The normalized spacial score (nSPS) is 14.9. The fourth-order valence-corrected chi connectivity index (χ4v) is 4.40. The number of rotatable bonds is 8. The van der Waals surface area contributed by atoms with Crippen LogP contribution in [0.25, 0.3) is 0 Å². The van der Waals surface area contributed by atoms with Gasteiger partial charge in [0, 0.05) is 17.1 Å². The van der Waals surface area contributed by atoms with Crippen LogP contribution in [-0.2, 0) is 16.6 Å². The lowest BCUT2D eigenvalue weighted by Gasteiger charge is -2.20. The maximum absolute atomic E-state index is 12.5. The molecule has 2 unspecified atom stereocenters. The molecule has 1 aromatic carbocycles. The molecule has 0 radical (unpaired) electrons. The molecule has 0 aliphatic rings. The van der Waals surface area contributed by atoms with E-state index in [0.29, 0.717) is 10.4 Å². The zero-order valence-electron chi connectivity index (χ0n) is 13.1. The maximum Gasteiger partial charge on any atom is 0.241 e. The second-order valence-corrected chi connectivity index (χ2v) is 7.88. The van der Waals surface area contributed by atoms with Crippen molar-refractivity contribution in [3.05, 3.63) is 28.2 Å². The summed E-state index contributed by atoms with van der Waals surface area (Å²) in [5.74, 6) is 0.298. The van der Waals surface area contributed by atoms with Gasteiger partial charge in [-0.25, -0.2) is 13.1 Å². The van der Waals surface area contributed by atoms with Gasteiger partial charge in [-0.1, -0.05) is 33.3 Å². The van der Waals surface area contributed by atoms with E-state index in [9.17, 15) is 8.42 Å². The zero-order valence-corrected chi connectivity index (χ0v) is 15.5. The number of sulfonamides is 1. The standard InChI is InChI=1S/C15H25BrN2O2S/c1-5-11(3)12(4)18-21(19,20)15-8-7-13(9-14(15)16)10-17-6-2/h7-9,11-12,17-18H,5-6,10H2,1-4H3. The molecular formula is C15H25BrN2O2S. The van der Waals surface area contributed by atoms with E-state index in [4.69, 9.17) is 0 Å². The lowest BCUT2D eigenvalue weighted by Crippen LogP contribution is -2.37. The highest BCUT2D eigenvalue weighted by Crippen LogP contribution is 2.24. The fraction of sp³-hybridized carbons (Fsp3) is 0.600. The zero-order chi connectivity index (χ0) is 16.0. The Hall–Kier alpha value is -0.430. The topological polar surface area (TPSA) is 58.2 Å². The van der Waals surface area contributed by atoms with Crippen LogP contribution in [0, 0.1) is 5.92 Å². The van der Waals surface area contributed by atoms with E-state index >= 15 is 0 Å². The van der Waals surface area contributed by atoms with Crippen molar-refractivity contribution in [3.8, 4) is 0 Å². The Morgan fingerprint density at radius 2 is 1.90 bits per heavy atom. The SMILES string of the molecule is CCNCc1ccc(S(=O)(=O)NC(C)C(C)CC)c(Br)c1. The van der Waals surface area contributed by atoms with Crippen molar-refractivity contribution in [3.63, 3.8) is 0 Å². The van der Waals surface area contributed by atoms with E-state index in [1.165, 1.54) is 0 Å². The summed E-state index contributed by atoms with van der Waals surface area (Å²) in [6, 6.07) is 5.26. The molecule has 2 atom stereocenters. The summed E-state index contributed by atoms with van der Waals surface area (Å²) >= 11 is 3.37. The third-order valence-electron chi connectivity index (χ3n) is 3.70. The molecule has 0 aromatic heterocycles. The summed E-state index contributed by atoms with van der Waals surface area (Å²) in [6.45, 7) is 9.65. The van der Waals surface area contributed by atoms with Gasteiger partial charge in [-0.15, -0.1) is 0 Å². The molecule has 120 valence electrons. The van der Waals surface area contributed by atoms with Crippen LogP contribution in [0.15, 0.2) is 27.6 Å². The molecule has 0 spiro atoms. The fourth-order valence-electron chi connectivity index (χ4n) is 1.92. The first-order chi connectivity index (χ1) is 9.81. The summed E-state index contributed by atoms with van der Waals surface area (Å²) in [5.41, 5.74) is 1.05. The Bertz CT molecular complexity index is 561. The Morgan fingerprint density at radius 1 is 1.24 bits per heavy atom. The van der Waals surface area contributed by atoms with E-state index in [1.54, 1.807) is 6.07 Å². The van der Waals surface area contributed by atoms with Gasteiger partial charge in [-0.05, 0) is 53.0 Å². The van der Waals surface area contributed by atoms with Crippen LogP contribution >= 0.6 is 15.9 Å². The van der Waals surface area contributed by atoms with Crippen LogP contribution < -0.4 is 10.0 Å². The first-order valence-corrected chi connectivity index (χ1v) is 9.60. The molecule has 0 saturated heterocycles. The van der Waals surface area contributed by atoms with Crippen molar-refractivity contribution in [1.29, 1.82) is 0 Å². The van der Waals surface area contributed by atoms with Gasteiger partial charge in [0.05, 0.1) is 4.90 Å². The molecule has 4 nitrogen and oxygen atoms in total. The predicted octanol–water partition coefficient (Wildman–Crippen LogP) is 3.27. The highest BCUT2D eigenvalue weighted by Gasteiger charge is 2.22. The van der Waals surface area contributed by atoms with E-state index in [2.05, 4.69) is 32.9 Å². The summed E-state index contributed by atoms with van der Waals surface area (Å²) in [6.07, 6.45) is 0.937. The molecule has 1 rings (SSSR count). The molecule has 0 heterocycles. The lowest BCUT2D eigenvalue weighted by molar-refractivity contribution is 0.434. The second-order valence-electron chi connectivity index (χ2n) is 5.34. The van der Waals surface area contributed by atoms with E-state index < -0.39 is 10.0 Å². The van der Waals surface area contributed by atoms with Crippen LogP contribution in [0.1, 0.15) is 39.7 Å². The highest BCUT2D eigenvalue weighted by atomic mass is 79.9. The first kappa shape index (κ1) is 18.6. The van der Waals surface area contributed by atoms with Crippen LogP contribution in [0.2, 0.25) is 0 Å². The van der Waals surface area contributed by atoms with Crippen molar-refractivity contribution in [2.45, 2.75) is 51.6 Å². The molecule has 0 bridgehead atoms. The van der Waals surface area contributed by atoms with E-state index in [-0.39, 0.29) is 10.9 Å². The van der Waals surface area contributed by atoms with Crippen LogP contribution in [0.5, 0.6) is 0 Å². The molecular weight excluding hydrogens is 352 g/mol. The summed E-state index contributed by atoms with van der Waals surface area (Å²) < 4.78 is 28.3. The monoisotopic (exact) mass is 376 g/mol. The van der Waals surface area contributed by atoms with Gasteiger partial charge in [-0.2, -0.15) is 0 Å². The molecule has 0 aliphatic carbocycles. The van der Waals surface area contributed by atoms with Gasteiger partial charge < -0.3 is 5.32 Å². The summed E-state index contributed by atoms with van der Waals surface area (Å²) in [4.78, 5) is 0.290. The van der Waals surface area contributed by atoms with Crippen LogP contribution in [-0.4, -0.2) is 21.0 Å². The minimum atomic E-state index is -3.50. The molecule has 0 amide bonds. The molecule has 6 heteroatoms. The highest BCUT2D eigenvalue weighted by molar-refractivity contribution is 9.10. The molecule has 2 N–H and O–H groups in total. The molecule has 1 aromatic rings. The lowest BCUT2D eigenvalue weighted by atomic mass is 10.0. The Morgan fingerprint density at radius 3 is 2.43 bits per heavy atom. The van der Waals surface area contributed by atoms with Gasteiger partial charge in [0.1, 0.15) is 0 Å². The smallest absolute Gasteiger partial charge is 0.241 e. The van der Waals surface area contributed by atoms with Crippen molar-refractivity contribution in [1.82, 2.24) is 10.0 Å². The number of benzene rings is 1. The summed E-state index contributed by atoms with van der Waals surface area (Å²) in [7, 11) is -3.50. The van der Waals surface area contributed by atoms with Crippen molar-refractivity contribution < 1.29 is 8.42 Å². The largest absolute Gasteiger partial charge is 0.313 e. The van der Waals surface area contributed by atoms with Crippen molar-refractivity contribution >= 4 is 26.0 Å². The third kappa shape index (κ3) is 5.36. The van der Waals surface area contributed by atoms with Gasteiger partial charge in [0.15, 0.2) is 0 Å². The van der Waals surface area contributed by atoms with Gasteiger partial charge >= 0.3 is 0 Å². The average molecular weight is 377 g/mol. The Kier molecular flexibility index (Phi) is 7.33. The molecule has 0 saturated carbocycles. The van der Waals surface area contributed by atoms with Crippen LogP contribution in [0.4, 0.5) is 0 Å². The van der Waals surface area contributed by atoms with Crippen molar-refractivity contribution in [2.24, 2.45) is 5.92 Å². The number of halogens is 1.